The monoisotopic (exact) mass is 182 g/mol. The molecule has 0 saturated carbocycles. The van der Waals surface area contributed by atoms with Crippen LogP contribution < -0.4 is 0 Å². The number of H-pyrrole nitrogens is 1. The number of carboxylic acid groups (broad SMARTS) is 1. The number of fused-ring (bicyclic) bond motifs is 1. The van der Waals surface area contributed by atoms with Crippen molar-refractivity contribution in [1.29, 1.82) is 0 Å². The second-order valence-electron chi connectivity index (χ2n) is 2.44. The molecular formula is C7H6N2O2S. The minimum absolute atomic E-state index is 0.0905. The van der Waals surface area contributed by atoms with Crippen molar-refractivity contribution in [3.05, 3.63) is 17.1 Å². The zero-order valence-corrected chi connectivity index (χ0v) is 6.89. The lowest BCUT2D eigenvalue weighted by Gasteiger charge is -1.86. The van der Waals surface area contributed by atoms with Crippen LogP contribution in [0.5, 0.6) is 0 Å². The molecular weight excluding hydrogens is 176 g/mol. The highest BCUT2D eigenvalue weighted by Crippen LogP contribution is 2.23. The largest absolute Gasteiger partial charge is 0.481 e. The average Bonchev–Trinajstić information content (AvgIpc) is 2.43. The summed E-state index contributed by atoms with van der Waals surface area (Å²) in [6, 6.07) is 1.84. The highest BCUT2D eigenvalue weighted by molar-refractivity contribution is 7.18. The number of carboxylic acids is 1. The number of aliphatic carboxylic acids is 1. The Balaban J connectivity index is 2.38. The maximum atomic E-state index is 10.3. The van der Waals surface area contributed by atoms with Crippen LogP contribution in [0.2, 0.25) is 0 Å². The molecule has 0 aliphatic rings. The summed E-state index contributed by atoms with van der Waals surface area (Å²) >= 11 is 1.43. The third-order valence-corrected chi connectivity index (χ3v) is 2.56. The number of nitrogens with zero attached hydrogens (tertiary/aromatic N) is 1. The summed E-state index contributed by atoms with van der Waals surface area (Å²) in [4.78, 5) is 12.1. The normalized spacial score (nSPS) is 10.7. The van der Waals surface area contributed by atoms with E-state index in [-0.39, 0.29) is 6.42 Å². The fourth-order valence-corrected chi connectivity index (χ4v) is 2.01. The number of aromatic nitrogens is 2. The first kappa shape index (κ1) is 7.30. The molecule has 2 heterocycles. The van der Waals surface area contributed by atoms with Gasteiger partial charge >= 0.3 is 5.97 Å². The quantitative estimate of drug-likeness (QED) is 0.734. The van der Waals surface area contributed by atoms with Gasteiger partial charge in [0.1, 0.15) is 4.83 Å². The summed E-state index contributed by atoms with van der Waals surface area (Å²) in [5.41, 5.74) is 0. The molecule has 0 atom stereocenters. The second-order valence-corrected chi connectivity index (χ2v) is 3.57. The molecule has 0 fully saturated rings. The van der Waals surface area contributed by atoms with E-state index in [1.807, 2.05) is 6.07 Å². The highest BCUT2D eigenvalue weighted by Gasteiger charge is 2.06. The lowest BCUT2D eigenvalue weighted by atomic mass is 10.3. The first-order valence-corrected chi connectivity index (χ1v) is 4.21. The second kappa shape index (κ2) is 2.60. The predicted octanol–water partition coefficient (Wildman–Crippen LogP) is 1.25. The minimum atomic E-state index is -0.799. The molecule has 2 rings (SSSR count). The van der Waals surface area contributed by atoms with Crippen LogP contribution >= 0.6 is 11.3 Å². The maximum Gasteiger partial charge on any atom is 0.308 e. The standard InChI is InChI=1S/C7H6N2O2S/c10-6(11)2-5-1-4-3-8-9-7(4)12-5/h1,3H,2H2,(H,8,9)(H,10,11). The number of carbonyl (C=O) groups is 1. The Morgan fingerprint density at radius 3 is 3.25 bits per heavy atom. The average molecular weight is 182 g/mol. The number of rotatable bonds is 2. The third kappa shape index (κ3) is 1.18. The van der Waals surface area contributed by atoms with E-state index in [0.29, 0.717) is 0 Å². The first-order valence-electron chi connectivity index (χ1n) is 3.39. The molecule has 2 N–H and O–H groups in total. The van der Waals surface area contributed by atoms with Crippen LogP contribution in [0.15, 0.2) is 12.3 Å². The van der Waals surface area contributed by atoms with Crippen LogP contribution in [0.25, 0.3) is 10.2 Å². The van der Waals surface area contributed by atoms with Gasteiger partial charge in [0.15, 0.2) is 0 Å². The van der Waals surface area contributed by atoms with Crippen molar-refractivity contribution < 1.29 is 9.90 Å². The molecule has 0 bridgehead atoms. The zero-order chi connectivity index (χ0) is 8.55. The molecule has 0 aliphatic carbocycles. The van der Waals surface area contributed by atoms with E-state index in [4.69, 9.17) is 5.11 Å². The van der Waals surface area contributed by atoms with E-state index in [9.17, 15) is 4.79 Å². The molecule has 2 aromatic heterocycles. The van der Waals surface area contributed by atoms with Crippen molar-refractivity contribution in [2.45, 2.75) is 6.42 Å². The molecule has 62 valence electrons. The predicted molar refractivity (Wildman–Crippen MR) is 45.3 cm³/mol. The lowest BCUT2D eigenvalue weighted by molar-refractivity contribution is -0.136. The van der Waals surface area contributed by atoms with E-state index in [0.717, 1.165) is 15.1 Å². The Kier molecular flexibility index (Phi) is 1.58. The Labute approximate surface area is 71.8 Å². The first-order chi connectivity index (χ1) is 5.75. The Hall–Kier alpha value is -1.36. The summed E-state index contributed by atoms with van der Waals surface area (Å²) in [6.45, 7) is 0. The van der Waals surface area contributed by atoms with Gasteiger partial charge in [-0.2, -0.15) is 5.10 Å². The van der Waals surface area contributed by atoms with Gasteiger partial charge in [-0.1, -0.05) is 0 Å². The van der Waals surface area contributed by atoms with Crippen molar-refractivity contribution in [3.63, 3.8) is 0 Å². The van der Waals surface area contributed by atoms with Gasteiger partial charge in [-0.15, -0.1) is 11.3 Å². The SMILES string of the molecule is O=C(O)Cc1cc2cn[nH]c2s1. The molecule has 12 heavy (non-hydrogen) atoms. The zero-order valence-electron chi connectivity index (χ0n) is 6.07. The molecule has 5 heteroatoms. The van der Waals surface area contributed by atoms with E-state index >= 15 is 0 Å². The van der Waals surface area contributed by atoms with Crippen molar-refractivity contribution in [1.82, 2.24) is 10.2 Å². The fourth-order valence-electron chi connectivity index (χ4n) is 1.04. The minimum Gasteiger partial charge on any atom is -0.481 e. The van der Waals surface area contributed by atoms with Gasteiger partial charge < -0.3 is 5.11 Å². The summed E-state index contributed by atoms with van der Waals surface area (Å²) in [7, 11) is 0. The summed E-state index contributed by atoms with van der Waals surface area (Å²) in [5.74, 6) is -0.799. The maximum absolute atomic E-state index is 10.3. The van der Waals surface area contributed by atoms with Crippen LogP contribution in [0.3, 0.4) is 0 Å². The number of hydrogen-bond donors (Lipinski definition) is 2. The number of nitrogens with one attached hydrogen (secondary N) is 1. The molecule has 0 aromatic carbocycles. The third-order valence-electron chi connectivity index (χ3n) is 1.51. The van der Waals surface area contributed by atoms with Gasteiger partial charge in [-0.25, -0.2) is 0 Å². The fraction of sp³-hybridized carbons (Fsp3) is 0.143. The van der Waals surface area contributed by atoms with Crippen molar-refractivity contribution >= 4 is 27.5 Å². The van der Waals surface area contributed by atoms with Crippen molar-refractivity contribution in [2.24, 2.45) is 0 Å². The van der Waals surface area contributed by atoms with Gasteiger partial charge in [0.25, 0.3) is 0 Å². The summed E-state index contributed by atoms with van der Waals surface area (Å²) in [6.07, 6.45) is 1.78. The summed E-state index contributed by atoms with van der Waals surface area (Å²) in [5, 5.41) is 16.1. The molecule has 0 unspecified atom stereocenters. The van der Waals surface area contributed by atoms with E-state index in [2.05, 4.69) is 10.2 Å². The lowest BCUT2D eigenvalue weighted by Crippen LogP contribution is -1.96. The van der Waals surface area contributed by atoms with Gasteiger partial charge in [-0.05, 0) is 6.07 Å². The highest BCUT2D eigenvalue weighted by atomic mass is 32.1. The smallest absolute Gasteiger partial charge is 0.308 e. The molecule has 0 spiro atoms. The van der Waals surface area contributed by atoms with Gasteiger partial charge in [-0.3, -0.25) is 9.89 Å². The molecule has 0 radical (unpaired) electrons. The Morgan fingerprint density at radius 1 is 1.75 bits per heavy atom. The van der Waals surface area contributed by atoms with Gasteiger partial charge in [0, 0.05) is 10.3 Å². The van der Waals surface area contributed by atoms with Crippen molar-refractivity contribution in [2.75, 3.05) is 0 Å². The number of thiophene rings is 1. The molecule has 2 aromatic rings. The van der Waals surface area contributed by atoms with Gasteiger partial charge in [0.2, 0.25) is 0 Å². The van der Waals surface area contributed by atoms with E-state index in [1.165, 1.54) is 11.3 Å². The van der Waals surface area contributed by atoms with E-state index < -0.39 is 5.97 Å². The van der Waals surface area contributed by atoms with Crippen LogP contribution in [-0.2, 0) is 11.2 Å². The summed E-state index contributed by atoms with van der Waals surface area (Å²) < 4.78 is 0. The number of hydrogen-bond acceptors (Lipinski definition) is 3. The molecule has 4 nitrogen and oxygen atoms in total. The van der Waals surface area contributed by atoms with E-state index in [1.54, 1.807) is 6.20 Å². The topological polar surface area (TPSA) is 66.0 Å². The molecule has 0 saturated heterocycles. The Bertz CT molecular complexity index is 389. The van der Waals surface area contributed by atoms with Crippen LogP contribution in [0.1, 0.15) is 4.88 Å². The Morgan fingerprint density at radius 2 is 2.58 bits per heavy atom. The molecule has 0 aliphatic heterocycles. The molecule has 0 amide bonds. The van der Waals surface area contributed by atoms with Crippen LogP contribution in [0, 0.1) is 0 Å². The van der Waals surface area contributed by atoms with Crippen LogP contribution in [0.4, 0.5) is 0 Å². The van der Waals surface area contributed by atoms with Crippen LogP contribution in [-0.4, -0.2) is 21.3 Å². The van der Waals surface area contributed by atoms with Gasteiger partial charge in [0.05, 0.1) is 12.6 Å². The van der Waals surface area contributed by atoms with Crippen molar-refractivity contribution in [3.8, 4) is 0 Å². The number of aromatic amines is 1.